The molecule has 3 atom stereocenters. The first-order valence-electron chi connectivity index (χ1n) is 8.88. The van der Waals surface area contributed by atoms with Crippen molar-refractivity contribution in [1.29, 1.82) is 0 Å². The van der Waals surface area contributed by atoms with Crippen LogP contribution in [-0.2, 0) is 4.74 Å². The van der Waals surface area contributed by atoms with E-state index in [2.05, 4.69) is 26.8 Å². The highest BCUT2D eigenvalue weighted by molar-refractivity contribution is 5.72. The predicted molar refractivity (Wildman–Crippen MR) is 103 cm³/mol. The second kappa shape index (κ2) is 7.56. The van der Waals surface area contributed by atoms with E-state index in [1.807, 2.05) is 0 Å². The molecule has 3 aromatic rings. The summed E-state index contributed by atoms with van der Waals surface area (Å²) < 4.78 is 12.4. The number of nitrogen functional groups attached to an aromatic ring is 1. The molecule has 4 rings (SSSR count). The minimum absolute atomic E-state index is 0.0590. The summed E-state index contributed by atoms with van der Waals surface area (Å²) in [5.74, 6) is 6.78. The molecule has 0 aliphatic carbocycles. The molecule has 1 aromatic carbocycles. The number of methoxy groups -OCH3 is 1. The molecule has 150 valence electrons. The predicted octanol–water partition coefficient (Wildman–Crippen LogP) is -0.249. The van der Waals surface area contributed by atoms with E-state index in [4.69, 9.17) is 15.2 Å². The van der Waals surface area contributed by atoms with Crippen LogP contribution in [0.15, 0.2) is 29.1 Å². The largest absolute Gasteiger partial charge is 0.497 e. The van der Waals surface area contributed by atoms with Gasteiger partial charge in [0.15, 0.2) is 17.0 Å². The van der Waals surface area contributed by atoms with Crippen LogP contribution < -0.4 is 16.0 Å². The minimum atomic E-state index is -0.871. The van der Waals surface area contributed by atoms with E-state index in [0.29, 0.717) is 11.3 Å². The van der Waals surface area contributed by atoms with Gasteiger partial charge in [-0.2, -0.15) is 4.98 Å². The van der Waals surface area contributed by atoms with Crippen molar-refractivity contribution >= 4 is 17.1 Å². The zero-order valence-electron chi connectivity index (χ0n) is 15.5. The number of benzene rings is 1. The standard InChI is InChI=1S/C19H19N5O5/c1-28-11-5-2-10(3-6-11)4-7-14-21-16-17(22-19(20)23-18(16)27)24(14)15-8-12(26)13(9-25)29-15/h2-3,5-6,12-13,15,25-26H,8-9H2,1H3,(H3,20,22,23,27)/t12-,13+,15+/m0/s1. The Bertz CT molecular complexity index is 1160. The Balaban J connectivity index is 1.82. The fourth-order valence-electron chi connectivity index (χ4n) is 3.20. The summed E-state index contributed by atoms with van der Waals surface area (Å²) in [5, 5.41) is 19.5. The Morgan fingerprint density at radius 1 is 1.34 bits per heavy atom. The number of aromatic nitrogens is 4. The van der Waals surface area contributed by atoms with E-state index in [9.17, 15) is 15.0 Å². The lowest BCUT2D eigenvalue weighted by Crippen LogP contribution is -2.24. The van der Waals surface area contributed by atoms with E-state index in [1.54, 1.807) is 31.4 Å². The number of imidazole rings is 1. The number of aliphatic hydroxyl groups is 2. The van der Waals surface area contributed by atoms with E-state index in [1.165, 1.54) is 4.57 Å². The molecule has 0 bridgehead atoms. The van der Waals surface area contributed by atoms with Crippen LogP contribution in [0, 0.1) is 11.8 Å². The number of ether oxygens (including phenoxy) is 2. The minimum Gasteiger partial charge on any atom is -0.497 e. The molecule has 0 radical (unpaired) electrons. The zero-order valence-corrected chi connectivity index (χ0v) is 15.5. The van der Waals surface area contributed by atoms with Crippen LogP contribution >= 0.6 is 0 Å². The number of anilines is 1. The number of rotatable bonds is 3. The highest BCUT2D eigenvalue weighted by atomic mass is 16.5. The van der Waals surface area contributed by atoms with Crippen molar-refractivity contribution in [2.45, 2.75) is 24.9 Å². The Morgan fingerprint density at radius 2 is 2.10 bits per heavy atom. The summed E-state index contributed by atoms with van der Waals surface area (Å²) in [6, 6.07) is 7.14. The monoisotopic (exact) mass is 397 g/mol. The van der Waals surface area contributed by atoms with Crippen LogP contribution in [0.1, 0.15) is 24.0 Å². The van der Waals surface area contributed by atoms with Gasteiger partial charge in [-0.05, 0) is 30.2 Å². The van der Waals surface area contributed by atoms with Crippen LogP contribution in [0.4, 0.5) is 5.95 Å². The normalized spacial score (nSPS) is 21.1. The molecule has 29 heavy (non-hydrogen) atoms. The Kier molecular flexibility index (Phi) is 4.94. The molecule has 10 nitrogen and oxygen atoms in total. The fraction of sp³-hybridized carbons (Fsp3) is 0.316. The number of nitrogens with two attached hydrogens (primary N) is 1. The van der Waals surface area contributed by atoms with E-state index in [0.717, 1.165) is 0 Å². The van der Waals surface area contributed by atoms with Crippen molar-refractivity contribution in [2.24, 2.45) is 0 Å². The van der Waals surface area contributed by atoms with Gasteiger partial charge >= 0.3 is 0 Å². The summed E-state index contributed by atoms with van der Waals surface area (Å²) in [5.41, 5.74) is 6.15. The van der Waals surface area contributed by atoms with Crippen molar-refractivity contribution in [3.05, 3.63) is 46.0 Å². The first kappa shape index (κ1) is 18.9. The van der Waals surface area contributed by atoms with Crippen LogP contribution in [0.3, 0.4) is 0 Å². The number of H-pyrrole nitrogens is 1. The van der Waals surface area contributed by atoms with Crippen molar-refractivity contribution in [2.75, 3.05) is 19.5 Å². The molecule has 3 heterocycles. The van der Waals surface area contributed by atoms with Crippen LogP contribution in [0.25, 0.3) is 11.2 Å². The van der Waals surface area contributed by atoms with Crippen LogP contribution in [0.2, 0.25) is 0 Å². The van der Waals surface area contributed by atoms with Crippen molar-refractivity contribution in [1.82, 2.24) is 19.5 Å². The lowest BCUT2D eigenvalue weighted by Gasteiger charge is -2.14. The summed E-state index contributed by atoms with van der Waals surface area (Å²) in [6.07, 6.45) is -2.15. The van der Waals surface area contributed by atoms with E-state index >= 15 is 0 Å². The fourth-order valence-corrected chi connectivity index (χ4v) is 3.20. The molecular weight excluding hydrogens is 378 g/mol. The van der Waals surface area contributed by atoms with Gasteiger partial charge in [0.1, 0.15) is 18.1 Å². The maximum Gasteiger partial charge on any atom is 0.280 e. The first-order chi connectivity index (χ1) is 14.0. The van der Waals surface area contributed by atoms with Crippen LogP contribution in [-0.4, -0.2) is 55.7 Å². The van der Waals surface area contributed by atoms with Crippen molar-refractivity contribution in [3.8, 4) is 17.6 Å². The van der Waals surface area contributed by atoms with Crippen molar-refractivity contribution in [3.63, 3.8) is 0 Å². The van der Waals surface area contributed by atoms with Gasteiger partial charge in [-0.1, -0.05) is 5.92 Å². The molecule has 5 N–H and O–H groups in total. The molecule has 2 aromatic heterocycles. The van der Waals surface area contributed by atoms with Gasteiger partial charge in [0.2, 0.25) is 5.95 Å². The Labute approximate surface area is 164 Å². The van der Waals surface area contributed by atoms with Gasteiger partial charge in [0.25, 0.3) is 5.56 Å². The topological polar surface area (TPSA) is 149 Å². The molecule has 10 heteroatoms. The number of nitrogens with one attached hydrogen (secondary N) is 1. The van der Waals surface area contributed by atoms with Gasteiger partial charge in [0, 0.05) is 12.0 Å². The smallest absolute Gasteiger partial charge is 0.280 e. The number of nitrogens with zero attached hydrogens (tertiary/aromatic N) is 3. The van der Waals surface area contributed by atoms with Gasteiger partial charge in [0.05, 0.1) is 19.8 Å². The SMILES string of the molecule is COc1ccc(C#Cc2nc3c(=O)[nH]c(N)nc3n2[C@H]2C[C@H](O)[C@@H](CO)O2)cc1. The summed E-state index contributed by atoms with van der Waals surface area (Å²) in [4.78, 5) is 23.1. The van der Waals surface area contributed by atoms with Gasteiger partial charge in [-0.3, -0.25) is 14.3 Å². The highest BCUT2D eigenvalue weighted by Crippen LogP contribution is 2.31. The Hall–Kier alpha value is -3.39. The third-order valence-corrected chi connectivity index (χ3v) is 4.65. The highest BCUT2D eigenvalue weighted by Gasteiger charge is 2.36. The number of aromatic amines is 1. The van der Waals surface area contributed by atoms with Gasteiger partial charge < -0.3 is 25.4 Å². The number of fused-ring (bicyclic) bond motifs is 1. The summed E-state index contributed by atoms with van der Waals surface area (Å²) in [6.45, 7) is -0.340. The molecule has 0 unspecified atom stereocenters. The molecule has 1 aliphatic rings. The summed E-state index contributed by atoms with van der Waals surface area (Å²) >= 11 is 0. The van der Waals surface area contributed by atoms with Gasteiger partial charge in [-0.25, -0.2) is 4.98 Å². The molecular formula is C19H19N5O5. The van der Waals surface area contributed by atoms with E-state index < -0.39 is 24.0 Å². The maximum absolute atomic E-state index is 12.3. The quantitative estimate of drug-likeness (QED) is 0.442. The molecule has 1 saturated heterocycles. The van der Waals surface area contributed by atoms with Crippen molar-refractivity contribution < 1.29 is 19.7 Å². The second-order valence-corrected chi connectivity index (χ2v) is 6.52. The molecule has 1 fully saturated rings. The number of hydrogen-bond acceptors (Lipinski definition) is 8. The first-order valence-corrected chi connectivity index (χ1v) is 8.88. The molecule has 0 spiro atoms. The molecule has 1 aliphatic heterocycles. The summed E-state index contributed by atoms with van der Waals surface area (Å²) in [7, 11) is 1.58. The number of aliphatic hydroxyl groups excluding tert-OH is 2. The lowest BCUT2D eigenvalue weighted by molar-refractivity contribution is -0.0434. The molecule has 0 saturated carbocycles. The Morgan fingerprint density at radius 3 is 2.76 bits per heavy atom. The average Bonchev–Trinajstić information content (AvgIpc) is 3.26. The zero-order chi connectivity index (χ0) is 20.5. The lowest BCUT2D eigenvalue weighted by atomic mass is 10.2. The third-order valence-electron chi connectivity index (χ3n) is 4.65. The van der Waals surface area contributed by atoms with E-state index in [-0.39, 0.29) is 36.0 Å². The number of hydrogen-bond donors (Lipinski definition) is 4. The second-order valence-electron chi connectivity index (χ2n) is 6.52. The van der Waals surface area contributed by atoms with Crippen LogP contribution in [0.5, 0.6) is 5.75 Å². The van der Waals surface area contributed by atoms with Gasteiger partial charge in [-0.15, -0.1) is 0 Å². The molecule has 0 amide bonds. The average molecular weight is 397 g/mol. The third kappa shape index (κ3) is 3.54. The maximum atomic E-state index is 12.3.